The number of nitrogens with zero attached hydrogens (tertiary/aromatic N) is 3. The van der Waals surface area contributed by atoms with Crippen molar-refractivity contribution in [2.45, 2.75) is 26.3 Å². The van der Waals surface area contributed by atoms with Gasteiger partial charge >= 0.3 is 5.97 Å². The number of benzene rings is 1. The molecule has 0 saturated heterocycles. The zero-order valence-electron chi connectivity index (χ0n) is 12.9. The van der Waals surface area contributed by atoms with E-state index in [1.807, 2.05) is 35.1 Å². The molecule has 0 aliphatic heterocycles. The van der Waals surface area contributed by atoms with E-state index in [9.17, 15) is 4.79 Å². The number of aromatic carboxylic acids is 1. The van der Waals surface area contributed by atoms with Crippen LogP contribution in [-0.4, -0.2) is 25.8 Å². The molecule has 1 aromatic carbocycles. The molecule has 0 spiro atoms. The van der Waals surface area contributed by atoms with Gasteiger partial charge in [0, 0.05) is 18.7 Å². The molecule has 2 heterocycles. The fraction of sp³-hybridized carbons (Fsp3) is 0.235. The van der Waals surface area contributed by atoms with E-state index in [0.717, 1.165) is 17.9 Å². The minimum atomic E-state index is -0.941. The Kier molecular flexibility index (Phi) is 4.25. The van der Waals surface area contributed by atoms with Gasteiger partial charge in [0.1, 0.15) is 15.6 Å². The molecule has 0 radical (unpaired) electrons. The van der Waals surface area contributed by atoms with Crippen molar-refractivity contribution in [3.63, 3.8) is 0 Å². The Morgan fingerprint density at radius 1 is 1.30 bits per heavy atom. The molecule has 0 saturated carbocycles. The van der Waals surface area contributed by atoms with Crippen molar-refractivity contribution in [1.29, 1.82) is 0 Å². The Labute approximate surface area is 138 Å². The maximum atomic E-state index is 11.1. The zero-order chi connectivity index (χ0) is 16.4. The summed E-state index contributed by atoms with van der Waals surface area (Å²) in [5, 5.41) is 14.3. The third kappa shape index (κ3) is 3.32. The lowest BCUT2D eigenvalue weighted by molar-refractivity contribution is 0.0701. The number of rotatable bonds is 5. The van der Waals surface area contributed by atoms with Gasteiger partial charge in [0.25, 0.3) is 0 Å². The second-order valence-electron chi connectivity index (χ2n) is 5.47. The van der Waals surface area contributed by atoms with E-state index in [4.69, 9.17) is 5.11 Å². The fourth-order valence-corrected chi connectivity index (χ4v) is 3.32. The molecular weight excluding hydrogens is 310 g/mol. The molecule has 0 aliphatic rings. The van der Waals surface area contributed by atoms with E-state index < -0.39 is 5.97 Å². The van der Waals surface area contributed by atoms with Crippen LogP contribution < -0.4 is 0 Å². The first kappa shape index (κ1) is 15.4. The highest BCUT2D eigenvalue weighted by Crippen LogP contribution is 2.27. The molecule has 1 unspecified atom stereocenters. The standard InChI is InChI=1S/C17H17N3O2S/c1-11(13-6-4-3-5-7-13)10-20-9-8-14(19-20)16-18-12(2)15(23-16)17(21)22/h3-9,11H,10H2,1-2H3,(H,21,22). The van der Waals surface area contributed by atoms with Crippen LogP contribution in [0.15, 0.2) is 42.6 Å². The molecule has 0 bridgehead atoms. The van der Waals surface area contributed by atoms with Crippen LogP contribution in [0.2, 0.25) is 0 Å². The van der Waals surface area contributed by atoms with Crippen molar-refractivity contribution < 1.29 is 9.90 Å². The summed E-state index contributed by atoms with van der Waals surface area (Å²) in [5.74, 6) is -0.597. The number of carboxylic acid groups (broad SMARTS) is 1. The average molecular weight is 327 g/mol. The summed E-state index contributed by atoms with van der Waals surface area (Å²) in [4.78, 5) is 15.7. The monoisotopic (exact) mass is 327 g/mol. The van der Waals surface area contributed by atoms with Crippen molar-refractivity contribution in [1.82, 2.24) is 14.8 Å². The summed E-state index contributed by atoms with van der Waals surface area (Å²) >= 11 is 1.16. The molecule has 0 amide bonds. The fourth-order valence-electron chi connectivity index (χ4n) is 2.45. The summed E-state index contributed by atoms with van der Waals surface area (Å²) in [7, 11) is 0. The average Bonchev–Trinajstić information content (AvgIpc) is 3.14. The number of carbonyl (C=O) groups is 1. The Morgan fingerprint density at radius 3 is 2.70 bits per heavy atom. The molecule has 23 heavy (non-hydrogen) atoms. The second kappa shape index (κ2) is 6.34. The van der Waals surface area contributed by atoms with Crippen molar-refractivity contribution in [3.05, 3.63) is 58.7 Å². The Morgan fingerprint density at radius 2 is 2.04 bits per heavy atom. The third-order valence-corrected chi connectivity index (χ3v) is 4.85. The van der Waals surface area contributed by atoms with Crippen LogP contribution in [0.4, 0.5) is 0 Å². The largest absolute Gasteiger partial charge is 0.477 e. The van der Waals surface area contributed by atoms with E-state index >= 15 is 0 Å². The summed E-state index contributed by atoms with van der Waals surface area (Å²) in [5.41, 5.74) is 2.51. The lowest BCUT2D eigenvalue weighted by Crippen LogP contribution is -2.06. The first-order valence-electron chi connectivity index (χ1n) is 7.34. The van der Waals surface area contributed by atoms with Crippen molar-refractivity contribution in [3.8, 4) is 10.7 Å². The minimum absolute atomic E-state index is 0.271. The van der Waals surface area contributed by atoms with Gasteiger partial charge in [-0.15, -0.1) is 11.3 Å². The SMILES string of the molecule is Cc1nc(-c2ccn(CC(C)c3ccccc3)n2)sc1C(=O)O. The number of hydrogen-bond acceptors (Lipinski definition) is 4. The molecule has 118 valence electrons. The maximum Gasteiger partial charge on any atom is 0.347 e. The first-order valence-corrected chi connectivity index (χ1v) is 8.15. The number of thiazole rings is 1. The van der Waals surface area contributed by atoms with Gasteiger partial charge in [0.15, 0.2) is 0 Å². The van der Waals surface area contributed by atoms with Crippen LogP contribution in [0, 0.1) is 6.92 Å². The maximum absolute atomic E-state index is 11.1. The first-order chi connectivity index (χ1) is 11.0. The molecule has 1 N–H and O–H groups in total. The lowest BCUT2D eigenvalue weighted by atomic mass is 10.0. The number of aromatic nitrogens is 3. The van der Waals surface area contributed by atoms with Crippen molar-refractivity contribution in [2.24, 2.45) is 0 Å². The van der Waals surface area contributed by atoms with E-state index in [1.54, 1.807) is 6.92 Å². The molecule has 1 atom stereocenters. The van der Waals surface area contributed by atoms with Crippen LogP contribution >= 0.6 is 11.3 Å². The van der Waals surface area contributed by atoms with Crippen LogP contribution in [0.25, 0.3) is 10.7 Å². The van der Waals surface area contributed by atoms with Gasteiger partial charge in [-0.3, -0.25) is 4.68 Å². The van der Waals surface area contributed by atoms with E-state index in [0.29, 0.717) is 22.3 Å². The van der Waals surface area contributed by atoms with Gasteiger partial charge < -0.3 is 5.11 Å². The molecule has 6 heteroatoms. The van der Waals surface area contributed by atoms with Gasteiger partial charge in [0.05, 0.1) is 5.69 Å². The van der Waals surface area contributed by atoms with Gasteiger partial charge in [-0.2, -0.15) is 5.10 Å². The van der Waals surface area contributed by atoms with Crippen LogP contribution in [0.5, 0.6) is 0 Å². The van der Waals surface area contributed by atoms with Crippen molar-refractivity contribution in [2.75, 3.05) is 0 Å². The quantitative estimate of drug-likeness (QED) is 0.773. The Balaban J connectivity index is 1.78. The zero-order valence-corrected chi connectivity index (χ0v) is 13.7. The van der Waals surface area contributed by atoms with E-state index in [2.05, 4.69) is 29.1 Å². The van der Waals surface area contributed by atoms with Crippen LogP contribution in [0.3, 0.4) is 0 Å². The number of hydrogen-bond donors (Lipinski definition) is 1. The highest BCUT2D eigenvalue weighted by atomic mass is 32.1. The molecule has 2 aromatic heterocycles. The number of aryl methyl sites for hydroxylation is 1. The predicted octanol–water partition coefficient (Wildman–Crippen LogP) is 3.82. The Bertz CT molecular complexity index is 823. The smallest absolute Gasteiger partial charge is 0.347 e. The summed E-state index contributed by atoms with van der Waals surface area (Å²) in [6, 6.07) is 12.2. The van der Waals surface area contributed by atoms with Crippen LogP contribution in [-0.2, 0) is 6.54 Å². The highest BCUT2D eigenvalue weighted by Gasteiger charge is 2.17. The normalized spacial score (nSPS) is 12.3. The number of carboxylic acids is 1. The highest BCUT2D eigenvalue weighted by molar-refractivity contribution is 7.17. The van der Waals surface area contributed by atoms with E-state index in [1.165, 1.54) is 5.56 Å². The molecule has 3 aromatic rings. The van der Waals surface area contributed by atoms with Crippen LogP contribution in [0.1, 0.15) is 33.8 Å². The lowest BCUT2D eigenvalue weighted by Gasteiger charge is -2.11. The molecule has 5 nitrogen and oxygen atoms in total. The van der Waals surface area contributed by atoms with E-state index in [-0.39, 0.29) is 4.88 Å². The third-order valence-electron chi connectivity index (χ3n) is 3.68. The summed E-state index contributed by atoms with van der Waals surface area (Å²) in [6.07, 6.45) is 1.91. The second-order valence-corrected chi connectivity index (χ2v) is 6.47. The molecule has 0 fully saturated rings. The van der Waals surface area contributed by atoms with Gasteiger partial charge in [-0.1, -0.05) is 37.3 Å². The molecular formula is C17H17N3O2S. The van der Waals surface area contributed by atoms with Gasteiger partial charge in [-0.05, 0) is 18.6 Å². The van der Waals surface area contributed by atoms with Gasteiger partial charge in [0.2, 0.25) is 0 Å². The molecule has 3 rings (SSSR count). The van der Waals surface area contributed by atoms with Gasteiger partial charge in [-0.25, -0.2) is 9.78 Å². The minimum Gasteiger partial charge on any atom is -0.477 e. The Hall–Kier alpha value is -2.47. The van der Waals surface area contributed by atoms with Crippen molar-refractivity contribution >= 4 is 17.3 Å². The summed E-state index contributed by atoms with van der Waals surface area (Å²) < 4.78 is 1.88. The summed E-state index contributed by atoms with van der Waals surface area (Å²) in [6.45, 7) is 4.63. The topological polar surface area (TPSA) is 68.0 Å². The predicted molar refractivity (Wildman–Crippen MR) is 89.9 cm³/mol. The molecule has 0 aliphatic carbocycles.